The SMILES string of the molecule is CC(C)N1CCCCC1Cc1nnc2cc(C(=O)O)ccn12. The number of piperidine rings is 1. The smallest absolute Gasteiger partial charge is 0.335 e. The second kappa shape index (κ2) is 6.04. The molecule has 3 rings (SSSR count). The average molecular weight is 302 g/mol. The van der Waals surface area contributed by atoms with Crippen LogP contribution >= 0.6 is 0 Å². The van der Waals surface area contributed by atoms with Crippen molar-refractivity contribution in [2.45, 2.75) is 51.6 Å². The summed E-state index contributed by atoms with van der Waals surface area (Å²) in [4.78, 5) is 13.6. The van der Waals surface area contributed by atoms with Gasteiger partial charge in [0.25, 0.3) is 0 Å². The van der Waals surface area contributed by atoms with Crippen molar-refractivity contribution in [2.24, 2.45) is 0 Å². The Balaban J connectivity index is 1.85. The molecule has 1 saturated heterocycles. The molecule has 0 aromatic carbocycles. The van der Waals surface area contributed by atoms with Crippen LogP contribution in [0.2, 0.25) is 0 Å². The van der Waals surface area contributed by atoms with Crippen LogP contribution in [-0.2, 0) is 6.42 Å². The van der Waals surface area contributed by atoms with E-state index in [0.29, 0.717) is 17.7 Å². The molecule has 1 N–H and O–H groups in total. The maximum atomic E-state index is 11.0. The quantitative estimate of drug-likeness (QED) is 0.938. The second-order valence-electron chi connectivity index (χ2n) is 6.25. The van der Waals surface area contributed by atoms with E-state index in [1.54, 1.807) is 18.3 Å². The molecule has 118 valence electrons. The molecule has 0 bridgehead atoms. The van der Waals surface area contributed by atoms with Crippen LogP contribution in [-0.4, -0.2) is 49.2 Å². The van der Waals surface area contributed by atoms with Gasteiger partial charge in [-0.1, -0.05) is 6.42 Å². The molecule has 1 fully saturated rings. The third kappa shape index (κ3) is 2.83. The fourth-order valence-electron chi connectivity index (χ4n) is 3.35. The lowest BCUT2D eigenvalue weighted by molar-refractivity contribution is 0.0697. The van der Waals surface area contributed by atoms with E-state index in [-0.39, 0.29) is 5.56 Å². The van der Waals surface area contributed by atoms with Gasteiger partial charge in [0.2, 0.25) is 0 Å². The number of fused-ring (bicyclic) bond motifs is 1. The van der Waals surface area contributed by atoms with Crippen molar-refractivity contribution in [2.75, 3.05) is 6.54 Å². The van der Waals surface area contributed by atoms with Gasteiger partial charge in [-0.2, -0.15) is 0 Å². The van der Waals surface area contributed by atoms with Gasteiger partial charge in [0.05, 0.1) is 5.56 Å². The van der Waals surface area contributed by atoms with E-state index in [4.69, 9.17) is 5.11 Å². The van der Waals surface area contributed by atoms with E-state index in [0.717, 1.165) is 18.8 Å². The van der Waals surface area contributed by atoms with Crippen molar-refractivity contribution < 1.29 is 9.90 Å². The first-order valence-corrected chi connectivity index (χ1v) is 7.89. The predicted molar refractivity (Wildman–Crippen MR) is 83.1 cm³/mol. The summed E-state index contributed by atoms with van der Waals surface area (Å²) >= 11 is 0. The lowest BCUT2D eigenvalue weighted by Gasteiger charge is -2.38. The minimum atomic E-state index is -0.940. The Morgan fingerprint density at radius 3 is 2.95 bits per heavy atom. The first-order valence-electron chi connectivity index (χ1n) is 7.89. The molecule has 0 aliphatic carbocycles. The first kappa shape index (κ1) is 15.0. The maximum Gasteiger partial charge on any atom is 0.335 e. The van der Waals surface area contributed by atoms with Crippen LogP contribution in [0.5, 0.6) is 0 Å². The Kier molecular flexibility index (Phi) is 4.11. The predicted octanol–water partition coefficient (Wildman–Crippen LogP) is 2.23. The normalized spacial score (nSPS) is 19.9. The molecule has 22 heavy (non-hydrogen) atoms. The molecule has 0 radical (unpaired) electrons. The number of aromatic nitrogens is 3. The first-order chi connectivity index (χ1) is 10.6. The Bertz CT molecular complexity index is 680. The fraction of sp³-hybridized carbons (Fsp3) is 0.562. The summed E-state index contributed by atoms with van der Waals surface area (Å²) in [6.07, 6.45) is 6.31. The summed E-state index contributed by atoms with van der Waals surface area (Å²) in [5.41, 5.74) is 0.842. The largest absolute Gasteiger partial charge is 0.478 e. The summed E-state index contributed by atoms with van der Waals surface area (Å²) in [5.74, 6) is -0.0326. The van der Waals surface area contributed by atoms with Crippen molar-refractivity contribution in [3.8, 4) is 0 Å². The van der Waals surface area contributed by atoms with Gasteiger partial charge in [-0.05, 0) is 45.4 Å². The Morgan fingerprint density at radius 1 is 1.41 bits per heavy atom. The zero-order valence-electron chi connectivity index (χ0n) is 13.1. The van der Waals surface area contributed by atoms with Gasteiger partial charge in [0, 0.05) is 24.7 Å². The van der Waals surface area contributed by atoms with Crippen molar-refractivity contribution in [1.29, 1.82) is 0 Å². The van der Waals surface area contributed by atoms with Crippen molar-refractivity contribution in [3.05, 3.63) is 29.7 Å². The van der Waals surface area contributed by atoms with E-state index < -0.39 is 5.97 Å². The molecule has 1 aliphatic heterocycles. The van der Waals surface area contributed by atoms with E-state index in [1.807, 2.05) is 4.40 Å². The van der Waals surface area contributed by atoms with Crippen LogP contribution in [0, 0.1) is 0 Å². The standard InChI is InChI=1S/C16H22N4O2/c1-11(2)19-7-4-3-5-13(19)10-15-18-17-14-9-12(16(21)22)6-8-20(14)15/h6,8-9,11,13H,3-5,7,10H2,1-2H3,(H,21,22). The number of nitrogens with zero attached hydrogens (tertiary/aromatic N) is 4. The zero-order valence-corrected chi connectivity index (χ0v) is 13.1. The highest BCUT2D eigenvalue weighted by Crippen LogP contribution is 2.22. The molecule has 0 spiro atoms. The van der Waals surface area contributed by atoms with Gasteiger partial charge in [0.15, 0.2) is 5.65 Å². The molecule has 1 atom stereocenters. The monoisotopic (exact) mass is 302 g/mol. The molecule has 0 saturated carbocycles. The molecule has 6 nitrogen and oxygen atoms in total. The summed E-state index contributed by atoms with van der Waals surface area (Å²) < 4.78 is 1.90. The summed E-state index contributed by atoms with van der Waals surface area (Å²) in [7, 11) is 0. The molecular formula is C16H22N4O2. The van der Waals surface area contributed by atoms with Crippen molar-refractivity contribution in [3.63, 3.8) is 0 Å². The molecular weight excluding hydrogens is 280 g/mol. The van der Waals surface area contributed by atoms with Crippen LogP contribution in [0.15, 0.2) is 18.3 Å². The van der Waals surface area contributed by atoms with Crippen molar-refractivity contribution in [1.82, 2.24) is 19.5 Å². The minimum Gasteiger partial charge on any atom is -0.478 e. The van der Waals surface area contributed by atoms with E-state index in [9.17, 15) is 4.79 Å². The number of carbonyl (C=O) groups is 1. The van der Waals surface area contributed by atoms with Gasteiger partial charge in [-0.3, -0.25) is 9.30 Å². The van der Waals surface area contributed by atoms with Gasteiger partial charge < -0.3 is 5.11 Å². The summed E-state index contributed by atoms with van der Waals surface area (Å²) in [6.45, 7) is 5.61. The Hall–Kier alpha value is -1.95. The van der Waals surface area contributed by atoms with Crippen molar-refractivity contribution >= 4 is 11.6 Å². The molecule has 1 aliphatic rings. The highest BCUT2D eigenvalue weighted by Gasteiger charge is 2.26. The highest BCUT2D eigenvalue weighted by atomic mass is 16.4. The number of pyridine rings is 1. The molecule has 6 heteroatoms. The second-order valence-corrected chi connectivity index (χ2v) is 6.25. The molecule has 1 unspecified atom stereocenters. The fourth-order valence-corrected chi connectivity index (χ4v) is 3.35. The number of hydrogen-bond acceptors (Lipinski definition) is 4. The third-order valence-electron chi connectivity index (χ3n) is 4.48. The average Bonchev–Trinajstić information content (AvgIpc) is 2.90. The van der Waals surface area contributed by atoms with Gasteiger partial charge >= 0.3 is 5.97 Å². The summed E-state index contributed by atoms with van der Waals surface area (Å²) in [5, 5.41) is 17.4. The molecule has 3 heterocycles. The van der Waals surface area contributed by atoms with Crippen LogP contribution in [0.4, 0.5) is 0 Å². The van der Waals surface area contributed by atoms with Crippen LogP contribution in [0.25, 0.3) is 5.65 Å². The number of hydrogen-bond donors (Lipinski definition) is 1. The molecule has 0 amide bonds. The number of carboxylic acids is 1. The number of aromatic carboxylic acids is 1. The number of likely N-dealkylation sites (tertiary alicyclic amines) is 1. The van der Waals surface area contributed by atoms with Crippen LogP contribution in [0.1, 0.15) is 49.3 Å². The minimum absolute atomic E-state index is 0.243. The van der Waals surface area contributed by atoms with E-state index >= 15 is 0 Å². The van der Waals surface area contributed by atoms with Crippen LogP contribution in [0.3, 0.4) is 0 Å². The number of carboxylic acid groups (broad SMARTS) is 1. The zero-order chi connectivity index (χ0) is 15.7. The van der Waals surface area contributed by atoms with Gasteiger partial charge in [-0.25, -0.2) is 4.79 Å². The van der Waals surface area contributed by atoms with Gasteiger partial charge in [-0.15, -0.1) is 10.2 Å². The molecule has 2 aromatic rings. The number of rotatable bonds is 4. The Labute approximate surface area is 129 Å². The van der Waals surface area contributed by atoms with Gasteiger partial charge in [0.1, 0.15) is 5.82 Å². The van der Waals surface area contributed by atoms with E-state index in [2.05, 4.69) is 28.9 Å². The lowest BCUT2D eigenvalue weighted by atomic mass is 9.97. The molecule has 2 aromatic heterocycles. The van der Waals surface area contributed by atoms with E-state index in [1.165, 1.54) is 19.3 Å². The third-order valence-corrected chi connectivity index (χ3v) is 4.48. The summed E-state index contributed by atoms with van der Waals surface area (Å²) in [6, 6.07) is 4.19. The maximum absolute atomic E-state index is 11.0. The lowest BCUT2D eigenvalue weighted by Crippen LogP contribution is -2.45. The Morgan fingerprint density at radius 2 is 2.23 bits per heavy atom. The van der Waals surface area contributed by atoms with Crippen LogP contribution < -0.4 is 0 Å². The topological polar surface area (TPSA) is 70.7 Å². The highest BCUT2D eigenvalue weighted by molar-refractivity contribution is 5.88.